The third kappa shape index (κ3) is 4.37. The normalized spacial score (nSPS) is 15.8. The number of nitrogens with two attached hydrogens (primary N) is 1. The van der Waals surface area contributed by atoms with Crippen molar-refractivity contribution in [2.24, 2.45) is 28.5 Å². The van der Waals surface area contributed by atoms with E-state index in [0.29, 0.717) is 17.8 Å². The van der Waals surface area contributed by atoms with Crippen LogP contribution >= 0.6 is 0 Å². The zero-order chi connectivity index (χ0) is 9.72. The second kappa shape index (κ2) is 5.18. The van der Waals surface area contributed by atoms with Gasteiger partial charge in [0, 0.05) is 12.5 Å². The first-order valence-electron chi connectivity index (χ1n) is 4.75. The molecule has 0 saturated carbocycles. The maximum Gasteiger partial charge on any atom is 0.0962 e. The molecule has 2 heteroatoms. The molecule has 0 aliphatic heterocycles. The van der Waals surface area contributed by atoms with Crippen LogP contribution in [0.1, 0.15) is 34.6 Å². The van der Waals surface area contributed by atoms with Gasteiger partial charge in [-0.05, 0) is 11.8 Å². The third-order valence-electron chi connectivity index (χ3n) is 2.29. The molecular formula is C10H22N2. The lowest BCUT2D eigenvalue weighted by atomic mass is 9.98. The molecule has 0 aromatic rings. The van der Waals surface area contributed by atoms with Crippen LogP contribution in [0.4, 0.5) is 0 Å². The first-order chi connectivity index (χ1) is 5.45. The summed E-state index contributed by atoms with van der Waals surface area (Å²) in [5.41, 5.74) is 5.71. The Balaban J connectivity index is 3.87. The van der Waals surface area contributed by atoms with Gasteiger partial charge in [0.15, 0.2) is 0 Å². The van der Waals surface area contributed by atoms with E-state index in [2.05, 4.69) is 39.6 Å². The second-order valence-corrected chi connectivity index (χ2v) is 4.14. The second-order valence-electron chi connectivity index (χ2n) is 4.14. The molecular weight excluding hydrogens is 148 g/mol. The predicted molar refractivity (Wildman–Crippen MR) is 55.3 cm³/mol. The van der Waals surface area contributed by atoms with E-state index in [1.54, 1.807) is 0 Å². The van der Waals surface area contributed by atoms with Gasteiger partial charge in [-0.2, -0.15) is 0 Å². The van der Waals surface area contributed by atoms with Crippen molar-refractivity contribution in [1.29, 1.82) is 0 Å². The van der Waals surface area contributed by atoms with E-state index in [0.717, 1.165) is 12.4 Å². The van der Waals surface area contributed by atoms with Gasteiger partial charge in [0.2, 0.25) is 0 Å². The molecule has 1 unspecified atom stereocenters. The van der Waals surface area contributed by atoms with Gasteiger partial charge < -0.3 is 5.73 Å². The van der Waals surface area contributed by atoms with Gasteiger partial charge in [-0.15, -0.1) is 0 Å². The first kappa shape index (κ1) is 11.5. The lowest BCUT2D eigenvalue weighted by Crippen LogP contribution is -2.21. The fourth-order valence-corrected chi connectivity index (χ4v) is 0.643. The highest BCUT2D eigenvalue weighted by molar-refractivity contribution is 5.82. The van der Waals surface area contributed by atoms with Crippen molar-refractivity contribution >= 4 is 5.84 Å². The Labute approximate surface area is 76.3 Å². The van der Waals surface area contributed by atoms with Gasteiger partial charge in [0.05, 0.1) is 5.84 Å². The van der Waals surface area contributed by atoms with Gasteiger partial charge >= 0.3 is 0 Å². The van der Waals surface area contributed by atoms with Crippen LogP contribution in [0.15, 0.2) is 4.99 Å². The molecule has 0 aliphatic carbocycles. The van der Waals surface area contributed by atoms with Gasteiger partial charge in [-0.1, -0.05) is 34.6 Å². The average molecular weight is 170 g/mol. The molecule has 0 bridgehead atoms. The van der Waals surface area contributed by atoms with E-state index in [4.69, 9.17) is 5.73 Å². The summed E-state index contributed by atoms with van der Waals surface area (Å²) in [5.74, 6) is 2.47. The molecule has 0 aromatic carbocycles. The molecule has 0 radical (unpaired) electrons. The molecule has 2 N–H and O–H groups in total. The molecule has 0 amide bonds. The predicted octanol–water partition coefficient (Wildman–Crippen LogP) is 2.29. The fraction of sp³-hybridized carbons (Fsp3) is 0.900. The zero-order valence-electron chi connectivity index (χ0n) is 8.96. The Morgan fingerprint density at radius 1 is 1.17 bits per heavy atom. The van der Waals surface area contributed by atoms with Gasteiger partial charge in [0.1, 0.15) is 0 Å². The molecule has 0 aliphatic rings. The standard InChI is InChI=1S/C10H22N2/c1-7(2)9(5)6-12-10(11)8(3)4/h7-9H,6H2,1-5H3,(H2,11,12). The highest BCUT2D eigenvalue weighted by Crippen LogP contribution is 2.09. The average Bonchev–Trinajstić information content (AvgIpc) is 1.98. The highest BCUT2D eigenvalue weighted by Gasteiger charge is 2.06. The molecule has 0 spiro atoms. The molecule has 0 saturated heterocycles. The fourth-order valence-electron chi connectivity index (χ4n) is 0.643. The summed E-state index contributed by atoms with van der Waals surface area (Å²) in [5, 5.41) is 0. The quantitative estimate of drug-likeness (QED) is 0.510. The SMILES string of the molecule is CC(C)C(N)=NCC(C)C(C)C. The molecule has 0 aromatic heterocycles. The van der Waals surface area contributed by atoms with Crippen LogP contribution in [0.5, 0.6) is 0 Å². The summed E-state index contributed by atoms with van der Waals surface area (Å²) in [6, 6.07) is 0. The van der Waals surface area contributed by atoms with Crippen LogP contribution in [0.2, 0.25) is 0 Å². The summed E-state index contributed by atoms with van der Waals surface area (Å²) < 4.78 is 0. The number of aliphatic imine (C=N–C) groups is 1. The topological polar surface area (TPSA) is 38.4 Å². The molecule has 12 heavy (non-hydrogen) atoms. The molecule has 2 nitrogen and oxygen atoms in total. The van der Waals surface area contributed by atoms with Crippen molar-refractivity contribution < 1.29 is 0 Å². The number of rotatable bonds is 4. The van der Waals surface area contributed by atoms with Crippen LogP contribution in [0.3, 0.4) is 0 Å². The molecule has 0 fully saturated rings. The van der Waals surface area contributed by atoms with Crippen LogP contribution in [0.25, 0.3) is 0 Å². The summed E-state index contributed by atoms with van der Waals surface area (Å²) in [7, 11) is 0. The molecule has 1 atom stereocenters. The van der Waals surface area contributed by atoms with Crippen LogP contribution < -0.4 is 5.73 Å². The maximum absolute atomic E-state index is 5.71. The Morgan fingerprint density at radius 3 is 2.00 bits per heavy atom. The molecule has 0 heterocycles. The van der Waals surface area contributed by atoms with Crippen molar-refractivity contribution in [1.82, 2.24) is 0 Å². The minimum absolute atomic E-state index is 0.379. The Kier molecular flexibility index (Phi) is 4.95. The summed E-state index contributed by atoms with van der Waals surface area (Å²) in [4.78, 5) is 4.34. The maximum atomic E-state index is 5.71. The smallest absolute Gasteiger partial charge is 0.0962 e. The van der Waals surface area contributed by atoms with E-state index in [1.807, 2.05) is 0 Å². The van der Waals surface area contributed by atoms with E-state index in [9.17, 15) is 0 Å². The molecule has 0 rings (SSSR count). The number of hydrogen-bond donors (Lipinski definition) is 1. The summed E-state index contributed by atoms with van der Waals surface area (Å²) in [6.45, 7) is 11.6. The third-order valence-corrected chi connectivity index (χ3v) is 2.29. The van der Waals surface area contributed by atoms with Crippen LogP contribution in [0, 0.1) is 17.8 Å². The Morgan fingerprint density at radius 2 is 1.67 bits per heavy atom. The lowest BCUT2D eigenvalue weighted by molar-refractivity contribution is 0.429. The van der Waals surface area contributed by atoms with Crippen molar-refractivity contribution in [2.45, 2.75) is 34.6 Å². The van der Waals surface area contributed by atoms with Crippen LogP contribution in [-0.4, -0.2) is 12.4 Å². The number of nitrogens with zero attached hydrogens (tertiary/aromatic N) is 1. The monoisotopic (exact) mass is 170 g/mol. The molecule has 72 valence electrons. The van der Waals surface area contributed by atoms with E-state index < -0.39 is 0 Å². The van der Waals surface area contributed by atoms with Crippen LogP contribution in [-0.2, 0) is 0 Å². The first-order valence-corrected chi connectivity index (χ1v) is 4.75. The van der Waals surface area contributed by atoms with E-state index in [-0.39, 0.29) is 0 Å². The Hall–Kier alpha value is -0.530. The minimum atomic E-state index is 0.379. The number of amidine groups is 1. The van der Waals surface area contributed by atoms with Gasteiger partial charge in [-0.3, -0.25) is 4.99 Å². The lowest BCUT2D eigenvalue weighted by Gasteiger charge is -2.13. The van der Waals surface area contributed by atoms with Gasteiger partial charge in [-0.25, -0.2) is 0 Å². The van der Waals surface area contributed by atoms with Crippen molar-refractivity contribution in [3.8, 4) is 0 Å². The summed E-state index contributed by atoms with van der Waals surface area (Å²) in [6.07, 6.45) is 0. The zero-order valence-corrected chi connectivity index (χ0v) is 8.96. The highest BCUT2D eigenvalue weighted by atomic mass is 14.9. The Bertz CT molecular complexity index is 148. The number of hydrogen-bond acceptors (Lipinski definition) is 1. The van der Waals surface area contributed by atoms with E-state index in [1.165, 1.54) is 0 Å². The largest absolute Gasteiger partial charge is 0.387 e. The van der Waals surface area contributed by atoms with Crippen molar-refractivity contribution in [3.05, 3.63) is 0 Å². The van der Waals surface area contributed by atoms with E-state index >= 15 is 0 Å². The minimum Gasteiger partial charge on any atom is -0.387 e. The summed E-state index contributed by atoms with van der Waals surface area (Å²) >= 11 is 0. The van der Waals surface area contributed by atoms with Crippen molar-refractivity contribution in [3.63, 3.8) is 0 Å². The van der Waals surface area contributed by atoms with Gasteiger partial charge in [0.25, 0.3) is 0 Å². The van der Waals surface area contributed by atoms with Crippen molar-refractivity contribution in [2.75, 3.05) is 6.54 Å².